The largest absolute Gasteiger partial charge is 0.416 e. The maximum Gasteiger partial charge on any atom is 0.416 e. The maximum absolute atomic E-state index is 14.4. The van der Waals surface area contributed by atoms with E-state index in [0.717, 1.165) is 17.0 Å². The van der Waals surface area contributed by atoms with Crippen LogP contribution in [0.25, 0.3) is 16.6 Å². The Morgan fingerprint density at radius 3 is 2.44 bits per heavy atom. The number of imide groups is 1. The summed E-state index contributed by atoms with van der Waals surface area (Å²) in [6, 6.07) is 17.9. The van der Waals surface area contributed by atoms with Gasteiger partial charge >= 0.3 is 6.18 Å². The molecular formula is C31H25F3N4O3. The van der Waals surface area contributed by atoms with Crippen LogP contribution in [-0.4, -0.2) is 27.4 Å². The topological polar surface area (TPSA) is 84.3 Å². The van der Waals surface area contributed by atoms with E-state index in [-0.39, 0.29) is 17.2 Å². The van der Waals surface area contributed by atoms with Gasteiger partial charge in [-0.2, -0.15) is 13.2 Å². The Kier molecular flexibility index (Phi) is 5.38. The van der Waals surface area contributed by atoms with Crippen molar-refractivity contribution < 1.29 is 22.8 Å². The second-order valence-electron chi connectivity index (χ2n) is 11.4. The minimum absolute atomic E-state index is 0.127. The molecule has 4 aromatic rings. The Morgan fingerprint density at radius 1 is 0.951 bits per heavy atom. The molecule has 208 valence electrons. The van der Waals surface area contributed by atoms with Crippen molar-refractivity contribution in [3.8, 4) is 5.69 Å². The first-order valence-electron chi connectivity index (χ1n) is 13.5. The molecule has 1 spiro atoms. The average molecular weight is 559 g/mol. The average Bonchev–Trinajstić information content (AvgIpc) is 3.51. The molecule has 4 atom stereocenters. The highest BCUT2D eigenvalue weighted by molar-refractivity contribution is 6.23. The highest BCUT2D eigenvalue weighted by atomic mass is 19.4. The van der Waals surface area contributed by atoms with Crippen molar-refractivity contribution in [2.45, 2.75) is 38.0 Å². The smallest absolute Gasteiger partial charge is 0.297 e. The SMILES string of the molecule is CC(C)CC1NC2(c3ccccc3-n3c2nc2ccccc2c3=O)[C@H]2C(=O)N(c3cccc(C(F)(F)F)c3)C(=O)[C@@H]12. The van der Waals surface area contributed by atoms with E-state index < -0.39 is 47.0 Å². The predicted molar refractivity (Wildman–Crippen MR) is 145 cm³/mol. The van der Waals surface area contributed by atoms with E-state index >= 15 is 0 Å². The third kappa shape index (κ3) is 3.43. The fourth-order valence-electron chi connectivity index (χ4n) is 7.01. The van der Waals surface area contributed by atoms with Crippen molar-refractivity contribution in [1.29, 1.82) is 0 Å². The zero-order chi connectivity index (χ0) is 28.8. The number of carbonyl (C=O) groups excluding carboxylic acids is 2. The standard InChI is InChI=1S/C31H25F3N4O3/c1-16(2)14-22-24-25(28(41)37(27(24)40)18-9-7-8-17(15-18)31(32,33)34)30(36-22)20-11-4-6-13-23(20)38-26(39)19-10-3-5-12-21(19)35-29(30)38/h3-13,15-16,22,24-25,36H,14H2,1-2H3/t22?,24-,25+,30?/m0/s1. The number of anilines is 1. The number of nitrogens with zero attached hydrogens (tertiary/aromatic N) is 3. The number of aromatic nitrogens is 2. The summed E-state index contributed by atoms with van der Waals surface area (Å²) >= 11 is 0. The molecule has 2 saturated heterocycles. The van der Waals surface area contributed by atoms with Crippen molar-refractivity contribution in [1.82, 2.24) is 14.9 Å². The molecule has 0 saturated carbocycles. The van der Waals surface area contributed by atoms with Crippen LogP contribution in [0.15, 0.2) is 77.6 Å². The summed E-state index contributed by atoms with van der Waals surface area (Å²) in [6.07, 6.45) is -4.12. The van der Waals surface area contributed by atoms with Crippen LogP contribution in [0.2, 0.25) is 0 Å². The summed E-state index contributed by atoms with van der Waals surface area (Å²) in [4.78, 5) is 48.1. The van der Waals surface area contributed by atoms with E-state index in [0.29, 0.717) is 34.4 Å². The van der Waals surface area contributed by atoms with Gasteiger partial charge < -0.3 is 0 Å². The van der Waals surface area contributed by atoms with Gasteiger partial charge in [0.2, 0.25) is 11.8 Å². The van der Waals surface area contributed by atoms with Crippen molar-refractivity contribution in [2.24, 2.45) is 17.8 Å². The number of alkyl halides is 3. The summed E-state index contributed by atoms with van der Waals surface area (Å²) < 4.78 is 42.3. The van der Waals surface area contributed by atoms with Gasteiger partial charge in [0, 0.05) is 11.6 Å². The van der Waals surface area contributed by atoms with Gasteiger partial charge in [-0.15, -0.1) is 0 Å². The molecule has 4 heterocycles. The summed E-state index contributed by atoms with van der Waals surface area (Å²) in [6.45, 7) is 4.00. The second-order valence-corrected chi connectivity index (χ2v) is 11.4. The molecule has 0 bridgehead atoms. The third-order valence-corrected chi connectivity index (χ3v) is 8.52. The Bertz CT molecular complexity index is 1830. The molecule has 7 nitrogen and oxygen atoms in total. The number of benzene rings is 3. The molecule has 2 fully saturated rings. The molecule has 7 rings (SSSR count). The lowest BCUT2D eigenvalue weighted by molar-refractivity contribution is -0.137. The van der Waals surface area contributed by atoms with Gasteiger partial charge in [-0.05, 0) is 48.7 Å². The van der Waals surface area contributed by atoms with E-state index in [2.05, 4.69) is 5.32 Å². The van der Waals surface area contributed by atoms with Crippen molar-refractivity contribution in [3.05, 3.63) is 100 Å². The lowest BCUT2D eigenvalue weighted by Crippen LogP contribution is -2.50. The minimum atomic E-state index is -4.64. The third-order valence-electron chi connectivity index (χ3n) is 8.52. The Balaban J connectivity index is 1.49. The summed E-state index contributed by atoms with van der Waals surface area (Å²) in [5, 5.41) is 4.01. The van der Waals surface area contributed by atoms with Gasteiger partial charge in [0.1, 0.15) is 11.4 Å². The number of para-hydroxylation sites is 2. The summed E-state index contributed by atoms with van der Waals surface area (Å²) in [7, 11) is 0. The minimum Gasteiger partial charge on any atom is -0.297 e. The normalized spacial score (nSPS) is 24.9. The van der Waals surface area contributed by atoms with Gasteiger partial charge in [-0.25, -0.2) is 9.88 Å². The van der Waals surface area contributed by atoms with Crippen molar-refractivity contribution in [3.63, 3.8) is 0 Å². The monoisotopic (exact) mass is 558 g/mol. The number of nitrogens with one attached hydrogen (secondary N) is 1. The van der Waals surface area contributed by atoms with Crippen LogP contribution >= 0.6 is 0 Å². The van der Waals surface area contributed by atoms with Crippen molar-refractivity contribution in [2.75, 3.05) is 4.90 Å². The number of halogens is 3. The molecule has 1 N–H and O–H groups in total. The fraction of sp³-hybridized carbons (Fsp3) is 0.290. The zero-order valence-electron chi connectivity index (χ0n) is 22.1. The zero-order valence-corrected chi connectivity index (χ0v) is 22.1. The fourth-order valence-corrected chi connectivity index (χ4v) is 7.01. The molecule has 3 aliphatic rings. The van der Waals surface area contributed by atoms with Gasteiger partial charge in [-0.1, -0.05) is 50.2 Å². The number of hydrogen-bond acceptors (Lipinski definition) is 5. The molecule has 41 heavy (non-hydrogen) atoms. The molecule has 1 aromatic heterocycles. The molecule has 0 radical (unpaired) electrons. The highest BCUT2D eigenvalue weighted by Crippen LogP contribution is 2.56. The Morgan fingerprint density at radius 2 is 1.68 bits per heavy atom. The lowest BCUT2D eigenvalue weighted by atomic mass is 9.75. The van der Waals surface area contributed by atoms with E-state index in [4.69, 9.17) is 4.98 Å². The lowest BCUT2D eigenvalue weighted by Gasteiger charge is -2.32. The molecule has 3 aliphatic heterocycles. The maximum atomic E-state index is 14.4. The van der Waals surface area contributed by atoms with E-state index in [1.807, 2.05) is 19.9 Å². The van der Waals surface area contributed by atoms with Gasteiger partial charge in [0.25, 0.3) is 5.56 Å². The van der Waals surface area contributed by atoms with Crippen LogP contribution in [0.3, 0.4) is 0 Å². The molecule has 10 heteroatoms. The van der Waals surface area contributed by atoms with Crippen LogP contribution in [0, 0.1) is 17.8 Å². The number of rotatable bonds is 3. The van der Waals surface area contributed by atoms with Gasteiger partial charge in [-0.3, -0.25) is 24.3 Å². The first kappa shape index (κ1) is 25.6. The van der Waals surface area contributed by atoms with E-state index in [9.17, 15) is 27.6 Å². The Hall–Kier alpha value is -4.31. The highest BCUT2D eigenvalue weighted by Gasteiger charge is 2.69. The van der Waals surface area contributed by atoms with E-state index in [1.54, 1.807) is 42.5 Å². The summed E-state index contributed by atoms with van der Waals surface area (Å²) in [5.74, 6) is -2.65. The second kappa shape index (κ2) is 8.59. The first-order valence-corrected chi connectivity index (χ1v) is 13.5. The Labute approximate surface area is 232 Å². The number of amides is 2. The quantitative estimate of drug-likeness (QED) is 0.366. The van der Waals surface area contributed by atoms with Crippen LogP contribution in [0.5, 0.6) is 0 Å². The van der Waals surface area contributed by atoms with Crippen LogP contribution in [0.4, 0.5) is 18.9 Å². The predicted octanol–water partition coefficient (Wildman–Crippen LogP) is 4.79. The molecule has 0 aliphatic carbocycles. The number of hydrogen-bond donors (Lipinski definition) is 1. The van der Waals surface area contributed by atoms with Gasteiger partial charge in [0.05, 0.1) is 39.7 Å². The van der Waals surface area contributed by atoms with Crippen LogP contribution in [0.1, 0.15) is 37.2 Å². The van der Waals surface area contributed by atoms with Crippen LogP contribution < -0.4 is 15.8 Å². The summed E-state index contributed by atoms with van der Waals surface area (Å²) in [5.41, 5.74) is -1.07. The number of carbonyl (C=O) groups is 2. The molecule has 2 amide bonds. The van der Waals surface area contributed by atoms with Gasteiger partial charge in [0.15, 0.2) is 0 Å². The first-order chi connectivity index (χ1) is 19.5. The van der Waals surface area contributed by atoms with Crippen molar-refractivity contribution >= 4 is 28.4 Å². The number of fused-ring (bicyclic) bond motifs is 8. The molecule has 2 unspecified atom stereocenters. The molecule has 3 aromatic carbocycles. The van der Waals surface area contributed by atoms with E-state index in [1.165, 1.54) is 16.7 Å². The van der Waals surface area contributed by atoms with Crippen LogP contribution in [-0.2, 0) is 21.3 Å². The molecular weight excluding hydrogens is 533 g/mol.